The van der Waals surface area contributed by atoms with Gasteiger partial charge in [0.15, 0.2) is 0 Å². The summed E-state index contributed by atoms with van der Waals surface area (Å²) in [5.74, 6) is 1.66. The lowest BCUT2D eigenvalue weighted by Gasteiger charge is -2.23. The molecule has 0 aliphatic heterocycles. The quantitative estimate of drug-likeness (QED) is 0.713. The molecule has 2 aromatic rings. The van der Waals surface area contributed by atoms with Crippen molar-refractivity contribution in [2.45, 2.75) is 26.2 Å². The Bertz CT molecular complexity index is 625. The molecule has 0 aromatic heterocycles. The van der Waals surface area contributed by atoms with E-state index in [4.69, 9.17) is 4.74 Å². The Balaban J connectivity index is 2.05. The summed E-state index contributed by atoms with van der Waals surface area (Å²) in [5, 5.41) is 2.69. The molecule has 98 valence electrons. The predicted octanol–water partition coefficient (Wildman–Crippen LogP) is 4.53. The van der Waals surface area contributed by atoms with Crippen molar-refractivity contribution in [1.29, 1.82) is 0 Å². The molecule has 1 aliphatic rings. The number of benzene rings is 2. The Labute approximate surface area is 114 Å². The molecule has 1 atom stereocenters. The average Bonchev–Trinajstić information content (AvgIpc) is 2.46. The molecule has 1 aliphatic carbocycles. The molecule has 3 rings (SSSR count). The maximum Gasteiger partial charge on any atom is 0.119 e. The van der Waals surface area contributed by atoms with Crippen LogP contribution in [0.4, 0.5) is 0 Å². The zero-order chi connectivity index (χ0) is 13.2. The van der Waals surface area contributed by atoms with Gasteiger partial charge in [-0.05, 0) is 66.1 Å². The van der Waals surface area contributed by atoms with E-state index < -0.39 is 0 Å². The molecular weight excluding hydrogens is 232 g/mol. The van der Waals surface area contributed by atoms with E-state index in [1.165, 1.54) is 35.6 Å². The number of aryl methyl sites for hydroxylation is 1. The minimum atomic E-state index is 0.716. The number of allylic oxidation sites excluding steroid dienone is 2. The fourth-order valence-corrected chi connectivity index (χ4v) is 3.18. The molecule has 1 heteroatoms. The first-order valence-electron chi connectivity index (χ1n) is 7.03. The summed E-state index contributed by atoms with van der Waals surface area (Å²) < 4.78 is 5.31. The second kappa shape index (κ2) is 5.08. The van der Waals surface area contributed by atoms with Crippen molar-refractivity contribution >= 4 is 10.8 Å². The van der Waals surface area contributed by atoms with Gasteiger partial charge in [-0.15, -0.1) is 0 Å². The van der Waals surface area contributed by atoms with Crippen LogP contribution in [0.3, 0.4) is 0 Å². The van der Waals surface area contributed by atoms with E-state index in [9.17, 15) is 0 Å². The van der Waals surface area contributed by atoms with Crippen LogP contribution in [0, 0.1) is 5.92 Å². The van der Waals surface area contributed by atoms with Crippen molar-refractivity contribution in [2.75, 3.05) is 7.11 Å². The smallest absolute Gasteiger partial charge is 0.119 e. The van der Waals surface area contributed by atoms with Crippen LogP contribution in [-0.2, 0) is 12.8 Å². The molecule has 0 radical (unpaired) electrons. The molecule has 0 bridgehead atoms. The fourth-order valence-electron chi connectivity index (χ4n) is 3.18. The van der Waals surface area contributed by atoms with Crippen molar-refractivity contribution in [3.63, 3.8) is 0 Å². The first-order valence-corrected chi connectivity index (χ1v) is 7.03. The Morgan fingerprint density at radius 2 is 2.11 bits per heavy atom. The maximum atomic E-state index is 5.31. The van der Waals surface area contributed by atoms with Gasteiger partial charge in [0, 0.05) is 0 Å². The number of methoxy groups -OCH3 is 1. The molecule has 0 amide bonds. The molecule has 0 spiro atoms. The van der Waals surface area contributed by atoms with Gasteiger partial charge < -0.3 is 4.74 Å². The SMILES string of the molecule is CC=CC1CCc2c(ccc3cc(OC)ccc23)C1. The standard InChI is InChI=1S/C18H20O/c1-3-4-13-5-9-17-14(11-13)6-7-15-12-16(19-2)8-10-18(15)17/h3-4,6-8,10,12-13H,5,9,11H2,1-2H3. The zero-order valence-corrected chi connectivity index (χ0v) is 11.6. The second-order valence-electron chi connectivity index (χ2n) is 5.32. The van der Waals surface area contributed by atoms with Crippen LogP contribution in [0.5, 0.6) is 5.75 Å². The topological polar surface area (TPSA) is 9.23 Å². The number of rotatable bonds is 2. The van der Waals surface area contributed by atoms with Gasteiger partial charge in [-0.1, -0.05) is 30.4 Å². The lowest BCUT2D eigenvalue weighted by molar-refractivity contribution is 0.415. The van der Waals surface area contributed by atoms with Crippen LogP contribution in [0.2, 0.25) is 0 Å². The first-order chi connectivity index (χ1) is 9.31. The van der Waals surface area contributed by atoms with E-state index in [1.54, 1.807) is 12.7 Å². The Morgan fingerprint density at radius 1 is 1.21 bits per heavy atom. The lowest BCUT2D eigenvalue weighted by Crippen LogP contribution is -2.12. The van der Waals surface area contributed by atoms with Crippen LogP contribution in [-0.4, -0.2) is 7.11 Å². The zero-order valence-electron chi connectivity index (χ0n) is 11.6. The van der Waals surface area contributed by atoms with Gasteiger partial charge >= 0.3 is 0 Å². The predicted molar refractivity (Wildman–Crippen MR) is 80.8 cm³/mol. The monoisotopic (exact) mass is 252 g/mol. The van der Waals surface area contributed by atoms with E-state index in [1.807, 2.05) is 0 Å². The first kappa shape index (κ1) is 12.3. The molecule has 0 N–H and O–H groups in total. The highest BCUT2D eigenvalue weighted by Crippen LogP contribution is 2.33. The number of hydrogen-bond donors (Lipinski definition) is 0. The Morgan fingerprint density at radius 3 is 2.89 bits per heavy atom. The third-order valence-electron chi connectivity index (χ3n) is 4.15. The third kappa shape index (κ3) is 2.25. The number of fused-ring (bicyclic) bond motifs is 3. The van der Waals surface area contributed by atoms with Crippen LogP contribution in [0.1, 0.15) is 24.5 Å². The molecule has 2 aromatic carbocycles. The molecule has 1 nitrogen and oxygen atoms in total. The molecule has 1 unspecified atom stereocenters. The summed E-state index contributed by atoms with van der Waals surface area (Å²) in [5.41, 5.74) is 3.06. The molecule has 0 heterocycles. The van der Waals surface area contributed by atoms with Gasteiger partial charge in [-0.25, -0.2) is 0 Å². The van der Waals surface area contributed by atoms with Gasteiger partial charge in [0.05, 0.1) is 7.11 Å². The lowest BCUT2D eigenvalue weighted by atomic mass is 9.81. The normalized spacial score (nSPS) is 18.7. The summed E-state index contributed by atoms with van der Waals surface area (Å²) in [6.45, 7) is 2.11. The van der Waals surface area contributed by atoms with Crippen LogP contribution in [0.25, 0.3) is 10.8 Å². The minimum absolute atomic E-state index is 0.716. The summed E-state index contributed by atoms with van der Waals surface area (Å²) >= 11 is 0. The van der Waals surface area contributed by atoms with Gasteiger partial charge in [-0.3, -0.25) is 0 Å². The molecule has 0 saturated heterocycles. The Kier molecular flexibility index (Phi) is 3.29. The highest BCUT2D eigenvalue weighted by molar-refractivity contribution is 5.88. The minimum Gasteiger partial charge on any atom is -0.497 e. The molecular formula is C18H20O. The summed E-state index contributed by atoms with van der Waals surface area (Å²) in [6.07, 6.45) is 8.17. The van der Waals surface area contributed by atoms with Crippen LogP contribution < -0.4 is 4.74 Å². The molecule has 19 heavy (non-hydrogen) atoms. The van der Waals surface area contributed by atoms with E-state index in [0.717, 1.165) is 5.75 Å². The largest absolute Gasteiger partial charge is 0.497 e. The number of ether oxygens (including phenoxy) is 1. The van der Waals surface area contributed by atoms with Crippen molar-refractivity contribution in [3.05, 3.63) is 53.6 Å². The highest BCUT2D eigenvalue weighted by Gasteiger charge is 2.18. The van der Waals surface area contributed by atoms with Gasteiger partial charge in [-0.2, -0.15) is 0 Å². The van der Waals surface area contributed by atoms with Crippen molar-refractivity contribution in [3.8, 4) is 5.75 Å². The van der Waals surface area contributed by atoms with E-state index in [0.29, 0.717) is 5.92 Å². The molecule has 0 fully saturated rings. The van der Waals surface area contributed by atoms with Gasteiger partial charge in [0.25, 0.3) is 0 Å². The fraction of sp³-hybridized carbons (Fsp3) is 0.333. The van der Waals surface area contributed by atoms with Gasteiger partial charge in [0.1, 0.15) is 5.75 Å². The second-order valence-corrected chi connectivity index (χ2v) is 5.32. The highest BCUT2D eigenvalue weighted by atomic mass is 16.5. The van der Waals surface area contributed by atoms with E-state index in [2.05, 4.69) is 49.4 Å². The number of hydrogen-bond acceptors (Lipinski definition) is 1. The summed E-state index contributed by atoms with van der Waals surface area (Å²) in [6, 6.07) is 10.9. The molecule has 0 saturated carbocycles. The Hall–Kier alpha value is -1.76. The van der Waals surface area contributed by atoms with Crippen molar-refractivity contribution in [1.82, 2.24) is 0 Å². The van der Waals surface area contributed by atoms with Crippen molar-refractivity contribution < 1.29 is 4.74 Å². The third-order valence-corrected chi connectivity index (χ3v) is 4.15. The van der Waals surface area contributed by atoms with E-state index in [-0.39, 0.29) is 0 Å². The summed E-state index contributed by atoms with van der Waals surface area (Å²) in [4.78, 5) is 0. The van der Waals surface area contributed by atoms with Crippen LogP contribution >= 0.6 is 0 Å². The maximum absolute atomic E-state index is 5.31. The van der Waals surface area contributed by atoms with E-state index >= 15 is 0 Å². The average molecular weight is 252 g/mol. The summed E-state index contributed by atoms with van der Waals surface area (Å²) in [7, 11) is 1.72. The van der Waals surface area contributed by atoms with Gasteiger partial charge in [0.2, 0.25) is 0 Å². The van der Waals surface area contributed by atoms with Crippen LogP contribution in [0.15, 0.2) is 42.5 Å². The van der Waals surface area contributed by atoms with Crippen molar-refractivity contribution in [2.24, 2.45) is 5.92 Å².